The predicted octanol–water partition coefficient (Wildman–Crippen LogP) is 1.78. The Balaban J connectivity index is 1.68. The van der Waals surface area contributed by atoms with Gasteiger partial charge in [0.25, 0.3) is 5.91 Å². The van der Waals surface area contributed by atoms with Crippen molar-refractivity contribution in [2.24, 2.45) is 5.73 Å². The number of carbonyl (C=O) groups is 1. The summed E-state index contributed by atoms with van der Waals surface area (Å²) in [5, 5.41) is 9.76. The molecule has 2 aliphatic rings. The van der Waals surface area contributed by atoms with Crippen LogP contribution in [0.15, 0.2) is 48.5 Å². The molecule has 5 nitrogen and oxygen atoms in total. The molecule has 2 aromatic carbocycles. The molecule has 2 aromatic rings. The van der Waals surface area contributed by atoms with E-state index in [2.05, 4.69) is 6.07 Å². The summed E-state index contributed by atoms with van der Waals surface area (Å²) in [7, 11) is 0. The first-order valence-corrected chi connectivity index (χ1v) is 9.23. The van der Waals surface area contributed by atoms with Crippen molar-refractivity contribution in [3.63, 3.8) is 0 Å². The molecule has 4 rings (SSSR count). The second-order valence-electron chi connectivity index (χ2n) is 7.22. The molecule has 0 aromatic heterocycles. The summed E-state index contributed by atoms with van der Waals surface area (Å²) in [5.41, 5.74) is 9.02. The summed E-state index contributed by atoms with van der Waals surface area (Å²) in [6.07, 6.45) is -0.379. The van der Waals surface area contributed by atoms with Crippen LogP contribution in [0.4, 0.5) is 4.39 Å². The van der Waals surface area contributed by atoms with Gasteiger partial charge in [-0.15, -0.1) is 0 Å². The van der Waals surface area contributed by atoms with E-state index in [1.54, 1.807) is 17.0 Å². The molecule has 27 heavy (non-hydrogen) atoms. The third-order valence-electron chi connectivity index (χ3n) is 5.48. The fraction of sp³-hybridized carbons (Fsp3) is 0.381. The number of hydrogen-bond acceptors (Lipinski definition) is 4. The Kier molecular flexibility index (Phi) is 4.95. The lowest BCUT2D eigenvalue weighted by molar-refractivity contribution is -0.154. The zero-order chi connectivity index (χ0) is 19.0. The van der Waals surface area contributed by atoms with Gasteiger partial charge in [0.05, 0.1) is 18.8 Å². The van der Waals surface area contributed by atoms with E-state index in [0.717, 1.165) is 17.5 Å². The number of benzene rings is 2. The highest BCUT2D eigenvalue weighted by Gasteiger charge is 2.39. The lowest BCUT2D eigenvalue weighted by Gasteiger charge is -2.41. The van der Waals surface area contributed by atoms with E-state index in [0.29, 0.717) is 6.54 Å². The Morgan fingerprint density at radius 1 is 1.19 bits per heavy atom. The SMILES string of the molecule is N[C@H]1C[C@@H](C(=O)N2CCc3ccccc3[C@@H]2c2ccc(F)cc2)OC[C@H]1O. The van der Waals surface area contributed by atoms with Crippen LogP contribution in [-0.4, -0.2) is 47.3 Å². The van der Waals surface area contributed by atoms with Crippen molar-refractivity contribution < 1.29 is 19.0 Å². The first-order valence-electron chi connectivity index (χ1n) is 9.23. The molecule has 1 amide bonds. The van der Waals surface area contributed by atoms with Crippen LogP contribution in [0.3, 0.4) is 0 Å². The molecule has 2 aliphatic heterocycles. The highest BCUT2D eigenvalue weighted by Crippen LogP contribution is 2.36. The molecule has 142 valence electrons. The number of ether oxygens (including phenoxy) is 1. The molecule has 0 saturated carbocycles. The van der Waals surface area contributed by atoms with Gasteiger partial charge in [-0.1, -0.05) is 36.4 Å². The Morgan fingerprint density at radius 3 is 2.67 bits per heavy atom. The fourth-order valence-electron chi connectivity index (χ4n) is 3.98. The standard InChI is InChI=1S/C21H23FN2O3/c22-15-7-5-14(6-8-15)20-16-4-2-1-3-13(16)9-10-24(20)21(26)19-11-17(23)18(25)12-27-19/h1-8,17-20,25H,9-12,23H2/t17-,18+,19-,20-/m0/s1. The molecule has 1 fully saturated rings. The number of nitrogens with zero attached hydrogens (tertiary/aromatic N) is 1. The minimum atomic E-state index is -0.746. The summed E-state index contributed by atoms with van der Waals surface area (Å²) < 4.78 is 19.0. The molecule has 0 spiro atoms. The lowest BCUT2D eigenvalue weighted by atomic mass is 9.87. The Morgan fingerprint density at radius 2 is 1.93 bits per heavy atom. The van der Waals surface area contributed by atoms with Crippen molar-refractivity contribution in [1.29, 1.82) is 0 Å². The van der Waals surface area contributed by atoms with Gasteiger partial charge in [-0.2, -0.15) is 0 Å². The van der Waals surface area contributed by atoms with Crippen LogP contribution < -0.4 is 5.73 Å². The number of amides is 1. The largest absolute Gasteiger partial charge is 0.389 e. The van der Waals surface area contributed by atoms with E-state index in [4.69, 9.17) is 10.5 Å². The van der Waals surface area contributed by atoms with Crippen molar-refractivity contribution >= 4 is 5.91 Å². The second kappa shape index (κ2) is 7.38. The Hall–Kier alpha value is -2.28. The quantitative estimate of drug-likeness (QED) is 0.845. The van der Waals surface area contributed by atoms with Gasteiger partial charge in [0.1, 0.15) is 11.9 Å². The molecule has 0 unspecified atom stereocenters. The van der Waals surface area contributed by atoms with Crippen LogP contribution in [0.1, 0.15) is 29.2 Å². The molecule has 1 saturated heterocycles. The van der Waals surface area contributed by atoms with Gasteiger partial charge in [0.2, 0.25) is 0 Å². The van der Waals surface area contributed by atoms with E-state index in [-0.39, 0.29) is 30.8 Å². The third kappa shape index (κ3) is 3.48. The van der Waals surface area contributed by atoms with Crippen LogP contribution in [0, 0.1) is 5.82 Å². The number of halogens is 1. The van der Waals surface area contributed by atoms with Crippen LogP contribution in [0.25, 0.3) is 0 Å². The molecule has 0 aliphatic carbocycles. The van der Waals surface area contributed by atoms with Gasteiger partial charge < -0.3 is 20.5 Å². The van der Waals surface area contributed by atoms with Crippen LogP contribution in [0.5, 0.6) is 0 Å². The minimum absolute atomic E-state index is 0.0587. The zero-order valence-electron chi connectivity index (χ0n) is 14.9. The second-order valence-corrected chi connectivity index (χ2v) is 7.22. The number of hydrogen-bond donors (Lipinski definition) is 2. The first-order chi connectivity index (χ1) is 13.0. The van der Waals surface area contributed by atoms with Crippen LogP contribution in [-0.2, 0) is 16.0 Å². The first kappa shape index (κ1) is 18.1. The van der Waals surface area contributed by atoms with E-state index < -0.39 is 18.2 Å². The predicted molar refractivity (Wildman–Crippen MR) is 98.4 cm³/mol. The maximum atomic E-state index is 13.4. The summed E-state index contributed by atoms with van der Waals surface area (Å²) in [4.78, 5) is 15.1. The van der Waals surface area contributed by atoms with Gasteiger partial charge in [-0.3, -0.25) is 4.79 Å². The molecular formula is C21H23FN2O3. The van der Waals surface area contributed by atoms with E-state index in [1.165, 1.54) is 17.7 Å². The van der Waals surface area contributed by atoms with Gasteiger partial charge in [0, 0.05) is 19.0 Å². The van der Waals surface area contributed by atoms with Gasteiger partial charge in [0.15, 0.2) is 0 Å². The third-order valence-corrected chi connectivity index (χ3v) is 5.48. The number of carbonyl (C=O) groups excluding carboxylic acids is 1. The van der Waals surface area contributed by atoms with Crippen LogP contribution in [0.2, 0.25) is 0 Å². The van der Waals surface area contributed by atoms with E-state index in [1.807, 2.05) is 18.2 Å². The van der Waals surface area contributed by atoms with Gasteiger partial charge in [-0.05, 0) is 35.2 Å². The summed E-state index contributed by atoms with van der Waals surface area (Å²) >= 11 is 0. The topological polar surface area (TPSA) is 75.8 Å². The number of aliphatic hydroxyl groups excluding tert-OH is 1. The Labute approximate surface area is 157 Å². The lowest BCUT2D eigenvalue weighted by Crippen LogP contribution is -2.53. The molecule has 6 heteroatoms. The maximum Gasteiger partial charge on any atom is 0.252 e. The van der Waals surface area contributed by atoms with Crippen molar-refractivity contribution in [2.45, 2.75) is 37.1 Å². The molecule has 3 N–H and O–H groups in total. The van der Waals surface area contributed by atoms with Gasteiger partial charge >= 0.3 is 0 Å². The van der Waals surface area contributed by atoms with Crippen molar-refractivity contribution in [1.82, 2.24) is 4.90 Å². The summed E-state index contributed by atoms with van der Waals surface area (Å²) in [6, 6.07) is 13.5. The monoisotopic (exact) mass is 370 g/mol. The smallest absolute Gasteiger partial charge is 0.252 e. The minimum Gasteiger partial charge on any atom is -0.389 e. The van der Waals surface area contributed by atoms with Gasteiger partial charge in [-0.25, -0.2) is 4.39 Å². The average Bonchev–Trinajstić information content (AvgIpc) is 2.69. The number of nitrogens with two attached hydrogens (primary N) is 1. The maximum absolute atomic E-state index is 13.4. The van der Waals surface area contributed by atoms with Crippen LogP contribution >= 0.6 is 0 Å². The number of rotatable bonds is 2. The highest BCUT2D eigenvalue weighted by atomic mass is 19.1. The average molecular weight is 370 g/mol. The number of aliphatic hydroxyl groups is 1. The van der Waals surface area contributed by atoms with Crippen molar-refractivity contribution in [3.05, 3.63) is 71.0 Å². The molecule has 4 atom stereocenters. The van der Waals surface area contributed by atoms with Crippen molar-refractivity contribution in [2.75, 3.05) is 13.2 Å². The van der Waals surface area contributed by atoms with E-state index >= 15 is 0 Å². The molecule has 2 heterocycles. The highest BCUT2D eigenvalue weighted by molar-refractivity contribution is 5.82. The fourth-order valence-corrected chi connectivity index (χ4v) is 3.98. The molecule has 0 radical (unpaired) electrons. The summed E-state index contributed by atoms with van der Waals surface area (Å²) in [6.45, 7) is 0.610. The zero-order valence-corrected chi connectivity index (χ0v) is 14.9. The van der Waals surface area contributed by atoms with Crippen molar-refractivity contribution in [3.8, 4) is 0 Å². The Bertz CT molecular complexity index is 826. The van der Waals surface area contributed by atoms with E-state index in [9.17, 15) is 14.3 Å². The normalized spacial score (nSPS) is 27.9. The molecule has 0 bridgehead atoms. The number of fused-ring (bicyclic) bond motifs is 1. The summed E-state index contributed by atoms with van der Waals surface area (Å²) in [5.74, 6) is -0.447. The molecular weight excluding hydrogens is 347 g/mol.